The highest BCUT2D eigenvalue weighted by molar-refractivity contribution is 7.89. The van der Waals surface area contributed by atoms with Gasteiger partial charge < -0.3 is 14.5 Å². The van der Waals surface area contributed by atoms with E-state index in [1.807, 2.05) is 0 Å². The summed E-state index contributed by atoms with van der Waals surface area (Å²) in [5.41, 5.74) is 0.727. The number of nitrogens with one attached hydrogen (secondary N) is 1. The number of benzene rings is 3. The molecule has 1 aromatic heterocycles. The van der Waals surface area contributed by atoms with E-state index in [0.29, 0.717) is 35.1 Å². The largest absolute Gasteiger partial charge is 0.489 e. The van der Waals surface area contributed by atoms with Crippen LogP contribution in [-0.2, 0) is 34.1 Å². The van der Waals surface area contributed by atoms with Gasteiger partial charge >= 0.3 is 6.18 Å². The summed E-state index contributed by atoms with van der Waals surface area (Å²) in [4.78, 5) is 13.0. The lowest BCUT2D eigenvalue weighted by Gasteiger charge is -2.22. The van der Waals surface area contributed by atoms with Gasteiger partial charge in [0.1, 0.15) is 29.8 Å². The SMILES string of the molecule is O=C(NCc1cccc(OCc2ccc(C(F)(F)F)cc2)c1)[C@@H]1CCCN1S(=O)(=O)c1cc2cc(F)ccc2o1. The molecule has 3 aromatic carbocycles. The van der Waals surface area contributed by atoms with Gasteiger partial charge in [-0.1, -0.05) is 24.3 Å². The van der Waals surface area contributed by atoms with E-state index in [1.54, 1.807) is 24.3 Å². The van der Waals surface area contributed by atoms with Crippen molar-refractivity contribution in [2.75, 3.05) is 6.54 Å². The molecule has 0 aliphatic carbocycles. The Morgan fingerprint density at radius 2 is 1.80 bits per heavy atom. The predicted octanol–water partition coefficient (Wildman–Crippen LogP) is 5.64. The Hall–Kier alpha value is -3.90. The molecule has 0 radical (unpaired) electrons. The van der Waals surface area contributed by atoms with Gasteiger partial charge in [0.15, 0.2) is 0 Å². The van der Waals surface area contributed by atoms with Gasteiger partial charge in [-0.05, 0) is 66.4 Å². The summed E-state index contributed by atoms with van der Waals surface area (Å²) in [6, 6.07) is 15.5. The Morgan fingerprint density at radius 1 is 1.02 bits per heavy atom. The zero-order valence-corrected chi connectivity index (χ0v) is 21.8. The van der Waals surface area contributed by atoms with Crippen molar-refractivity contribution in [1.29, 1.82) is 0 Å². The number of furan rings is 1. The van der Waals surface area contributed by atoms with Crippen molar-refractivity contribution in [2.45, 2.75) is 43.3 Å². The summed E-state index contributed by atoms with van der Waals surface area (Å²) in [6.45, 7) is 0.293. The van der Waals surface area contributed by atoms with E-state index in [2.05, 4.69) is 5.32 Å². The van der Waals surface area contributed by atoms with Gasteiger partial charge in [0, 0.05) is 24.5 Å². The van der Waals surface area contributed by atoms with Crippen molar-refractivity contribution in [3.05, 3.63) is 95.3 Å². The second-order valence-electron chi connectivity index (χ2n) is 9.37. The molecular weight excluding hydrogens is 552 g/mol. The smallest absolute Gasteiger partial charge is 0.416 e. The topological polar surface area (TPSA) is 88.9 Å². The molecule has 5 rings (SSSR count). The van der Waals surface area contributed by atoms with Crippen LogP contribution >= 0.6 is 0 Å². The van der Waals surface area contributed by atoms with Crippen LogP contribution in [0.3, 0.4) is 0 Å². The van der Waals surface area contributed by atoms with Gasteiger partial charge in [0.25, 0.3) is 10.0 Å². The van der Waals surface area contributed by atoms with Gasteiger partial charge in [-0.15, -0.1) is 0 Å². The van der Waals surface area contributed by atoms with Crippen molar-refractivity contribution in [1.82, 2.24) is 9.62 Å². The number of amides is 1. The van der Waals surface area contributed by atoms with Crippen LogP contribution in [0.15, 0.2) is 82.3 Å². The number of fused-ring (bicyclic) bond motifs is 1. The van der Waals surface area contributed by atoms with Gasteiger partial charge in [-0.2, -0.15) is 17.5 Å². The lowest BCUT2D eigenvalue weighted by molar-refractivity contribution is -0.137. The molecule has 2 heterocycles. The molecule has 1 N–H and O–H groups in total. The fraction of sp³-hybridized carbons (Fsp3) is 0.250. The zero-order chi connectivity index (χ0) is 28.5. The van der Waals surface area contributed by atoms with Gasteiger partial charge in [-0.25, -0.2) is 12.8 Å². The summed E-state index contributed by atoms with van der Waals surface area (Å²) in [5, 5.41) is 2.71. The monoisotopic (exact) mass is 576 g/mol. The van der Waals surface area contributed by atoms with Gasteiger partial charge in [0.05, 0.1) is 5.56 Å². The summed E-state index contributed by atoms with van der Waals surface area (Å²) >= 11 is 0. The molecule has 0 unspecified atom stereocenters. The molecule has 1 fully saturated rings. The molecule has 0 bridgehead atoms. The Kier molecular flexibility index (Phi) is 7.56. The van der Waals surface area contributed by atoms with Crippen LogP contribution in [0.5, 0.6) is 5.75 Å². The number of ether oxygens (including phenoxy) is 1. The number of halogens is 4. The molecule has 4 aromatic rings. The maximum absolute atomic E-state index is 13.5. The fourth-order valence-corrected chi connectivity index (χ4v) is 6.14. The molecule has 1 aliphatic heterocycles. The third-order valence-corrected chi connectivity index (χ3v) is 8.34. The van der Waals surface area contributed by atoms with E-state index in [1.165, 1.54) is 36.4 Å². The minimum Gasteiger partial charge on any atom is -0.489 e. The van der Waals surface area contributed by atoms with Crippen LogP contribution in [0.25, 0.3) is 11.0 Å². The first-order valence-corrected chi connectivity index (χ1v) is 13.8. The van der Waals surface area contributed by atoms with E-state index in [4.69, 9.17) is 9.15 Å². The number of hydrogen-bond donors (Lipinski definition) is 1. The Morgan fingerprint density at radius 3 is 2.55 bits per heavy atom. The lowest BCUT2D eigenvalue weighted by Crippen LogP contribution is -2.45. The van der Waals surface area contributed by atoms with Crippen LogP contribution in [-0.4, -0.2) is 31.2 Å². The van der Waals surface area contributed by atoms with Crippen LogP contribution in [0, 0.1) is 5.82 Å². The summed E-state index contributed by atoms with van der Waals surface area (Å²) < 4.78 is 90.5. The van der Waals surface area contributed by atoms with Crippen LogP contribution in [0.2, 0.25) is 0 Å². The normalized spacial score (nSPS) is 16.4. The molecule has 7 nitrogen and oxygen atoms in total. The van der Waals surface area contributed by atoms with Crippen molar-refractivity contribution in [3.63, 3.8) is 0 Å². The standard InChI is InChI=1S/C28H24F4N2O5S/c29-22-10-11-25-20(14-22)15-26(39-25)40(36,37)34-12-2-5-24(34)27(35)33-16-19-3-1-4-23(13-19)38-17-18-6-8-21(9-7-18)28(30,31)32/h1,3-4,6-11,13-15,24H,2,5,12,16-17H2,(H,33,35)/t24-/m0/s1. The minimum atomic E-state index is -4.41. The summed E-state index contributed by atoms with van der Waals surface area (Å²) in [6.07, 6.45) is -3.60. The average Bonchev–Trinajstić information content (AvgIpc) is 3.59. The van der Waals surface area contributed by atoms with Gasteiger partial charge in [-0.3, -0.25) is 4.79 Å². The van der Waals surface area contributed by atoms with Crippen molar-refractivity contribution < 1.29 is 39.9 Å². The molecular formula is C28H24F4N2O5S. The Labute approximate surface area is 227 Å². The first-order valence-electron chi connectivity index (χ1n) is 12.4. The number of hydrogen-bond acceptors (Lipinski definition) is 5. The number of carbonyl (C=O) groups excluding carboxylic acids is 1. The quantitative estimate of drug-likeness (QED) is 0.275. The highest BCUT2D eigenvalue weighted by atomic mass is 32.2. The third-order valence-electron chi connectivity index (χ3n) is 6.58. The van der Waals surface area contributed by atoms with Crippen molar-refractivity contribution in [3.8, 4) is 5.75 Å². The maximum atomic E-state index is 13.5. The lowest BCUT2D eigenvalue weighted by atomic mass is 10.1. The maximum Gasteiger partial charge on any atom is 0.416 e. The van der Waals surface area contributed by atoms with E-state index in [-0.39, 0.29) is 30.4 Å². The number of rotatable bonds is 8. The molecule has 1 saturated heterocycles. The molecule has 0 saturated carbocycles. The zero-order valence-electron chi connectivity index (χ0n) is 20.9. The van der Waals surface area contributed by atoms with E-state index in [0.717, 1.165) is 16.4 Å². The van der Waals surface area contributed by atoms with Crippen LogP contribution in [0.4, 0.5) is 17.6 Å². The molecule has 210 valence electrons. The first-order chi connectivity index (χ1) is 19.0. The second kappa shape index (κ2) is 10.9. The highest BCUT2D eigenvalue weighted by Gasteiger charge is 2.41. The van der Waals surface area contributed by atoms with E-state index >= 15 is 0 Å². The van der Waals surface area contributed by atoms with Crippen LogP contribution in [0.1, 0.15) is 29.5 Å². The van der Waals surface area contributed by atoms with Gasteiger partial charge in [0.2, 0.25) is 11.0 Å². The summed E-state index contributed by atoms with van der Waals surface area (Å²) in [7, 11) is -4.14. The number of alkyl halides is 3. The number of nitrogens with zero attached hydrogens (tertiary/aromatic N) is 1. The van der Waals surface area contributed by atoms with E-state index < -0.39 is 39.5 Å². The minimum absolute atomic E-state index is 0.0529. The molecule has 12 heteroatoms. The Bertz CT molecular complexity index is 1630. The second-order valence-corrected chi connectivity index (χ2v) is 11.2. The molecule has 1 amide bonds. The fourth-order valence-electron chi connectivity index (χ4n) is 4.53. The average molecular weight is 577 g/mol. The molecule has 40 heavy (non-hydrogen) atoms. The number of sulfonamides is 1. The molecule has 0 spiro atoms. The predicted molar refractivity (Wildman–Crippen MR) is 137 cm³/mol. The van der Waals surface area contributed by atoms with Crippen LogP contribution < -0.4 is 10.1 Å². The molecule has 1 atom stereocenters. The molecule has 1 aliphatic rings. The van der Waals surface area contributed by atoms with Crippen molar-refractivity contribution >= 4 is 26.9 Å². The Balaban J connectivity index is 1.20. The highest BCUT2D eigenvalue weighted by Crippen LogP contribution is 2.31. The summed E-state index contributed by atoms with van der Waals surface area (Å²) in [5.74, 6) is -0.540. The number of carbonyl (C=O) groups is 1. The van der Waals surface area contributed by atoms with E-state index in [9.17, 15) is 30.8 Å². The third kappa shape index (κ3) is 5.97. The first kappa shape index (κ1) is 27.7. The van der Waals surface area contributed by atoms with Crippen molar-refractivity contribution in [2.24, 2.45) is 0 Å².